The number of carbonyl (C=O) groups is 1. The molecule has 0 spiro atoms. The van der Waals surface area contributed by atoms with E-state index in [9.17, 15) is 20.0 Å². The van der Waals surface area contributed by atoms with Crippen molar-refractivity contribution in [2.45, 2.75) is 12.8 Å². The number of carboxylic acid groups (broad SMARTS) is 1. The zero-order chi connectivity index (χ0) is 14.0. The zero-order valence-electron chi connectivity index (χ0n) is 10.1. The minimum absolute atomic E-state index is 0.0121. The van der Waals surface area contributed by atoms with Gasteiger partial charge in [0.1, 0.15) is 5.69 Å². The summed E-state index contributed by atoms with van der Waals surface area (Å²) in [7, 11) is 0. The third-order valence-electron chi connectivity index (χ3n) is 3.39. The number of nitrogens with zero attached hydrogens (tertiary/aromatic N) is 1. The van der Waals surface area contributed by atoms with Gasteiger partial charge in [0.25, 0.3) is 5.69 Å². The molecule has 0 aromatic heterocycles. The van der Waals surface area contributed by atoms with Crippen LogP contribution in [0.3, 0.4) is 0 Å². The van der Waals surface area contributed by atoms with Crippen LogP contribution in [0.4, 0.5) is 11.4 Å². The van der Waals surface area contributed by atoms with Crippen molar-refractivity contribution in [3.63, 3.8) is 0 Å². The van der Waals surface area contributed by atoms with E-state index < -0.39 is 10.9 Å². The Morgan fingerprint density at radius 3 is 2.63 bits per heavy atom. The smallest absolute Gasteiger partial charge is 0.335 e. The summed E-state index contributed by atoms with van der Waals surface area (Å²) >= 11 is 0. The summed E-state index contributed by atoms with van der Waals surface area (Å²) < 4.78 is 0. The highest BCUT2D eigenvalue weighted by molar-refractivity contribution is 5.90. The summed E-state index contributed by atoms with van der Waals surface area (Å²) in [6, 6.07) is 3.61. The van der Waals surface area contributed by atoms with E-state index in [0.29, 0.717) is 6.54 Å². The number of nitrogens with one attached hydrogen (secondary N) is 1. The van der Waals surface area contributed by atoms with Crippen molar-refractivity contribution in [3.05, 3.63) is 33.9 Å². The Kier molecular flexibility index (Phi) is 3.39. The summed E-state index contributed by atoms with van der Waals surface area (Å²) in [6.07, 6.45) is 1.73. The summed E-state index contributed by atoms with van der Waals surface area (Å²) in [6.45, 7) is 0.416. The monoisotopic (exact) mass is 266 g/mol. The second kappa shape index (κ2) is 4.85. The van der Waals surface area contributed by atoms with E-state index in [2.05, 4.69) is 5.32 Å². The topological polar surface area (TPSA) is 113 Å². The first-order chi connectivity index (χ1) is 8.97. The number of benzene rings is 1. The number of aliphatic hydroxyl groups is 1. The summed E-state index contributed by atoms with van der Waals surface area (Å²) in [5.41, 5.74) is -0.224. The summed E-state index contributed by atoms with van der Waals surface area (Å²) in [5.74, 6) is -1.14. The average molecular weight is 266 g/mol. The molecule has 0 bridgehead atoms. The van der Waals surface area contributed by atoms with Gasteiger partial charge in [0.15, 0.2) is 0 Å². The summed E-state index contributed by atoms with van der Waals surface area (Å²) in [4.78, 5) is 21.2. The molecule has 102 valence electrons. The molecule has 0 aliphatic heterocycles. The van der Waals surface area contributed by atoms with Gasteiger partial charge in [0.2, 0.25) is 0 Å². The fourth-order valence-electron chi connectivity index (χ4n) is 1.82. The maximum atomic E-state index is 10.9. The number of rotatable bonds is 6. The van der Waals surface area contributed by atoms with Crippen LogP contribution < -0.4 is 5.32 Å². The molecule has 0 saturated heterocycles. The van der Waals surface area contributed by atoms with Gasteiger partial charge in [-0.25, -0.2) is 4.79 Å². The Balaban J connectivity index is 2.22. The van der Waals surface area contributed by atoms with Crippen LogP contribution in [-0.2, 0) is 0 Å². The minimum Gasteiger partial charge on any atom is -0.478 e. The van der Waals surface area contributed by atoms with Crippen LogP contribution in [0.1, 0.15) is 23.2 Å². The molecule has 0 heterocycles. The Hall–Kier alpha value is -2.15. The highest BCUT2D eigenvalue weighted by Gasteiger charge is 2.42. The van der Waals surface area contributed by atoms with E-state index in [-0.39, 0.29) is 29.0 Å². The highest BCUT2D eigenvalue weighted by Crippen LogP contribution is 2.45. The van der Waals surface area contributed by atoms with Crippen molar-refractivity contribution in [3.8, 4) is 0 Å². The van der Waals surface area contributed by atoms with Gasteiger partial charge < -0.3 is 15.5 Å². The normalized spacial score (nSPS) is 15.8. The molecule has 0 radical (unpaired) electrons. The van der Waals surface area contributed by atoms with Crippen molar-refractivity contribution in [2.24, 2.45) is 5.41 Å². The fraction of sp³-hybridized carbons (Fsp3) is 0.417. The van der Waals surface area contributed by atoms with Crippen LogP contribution in [0.2, 0.25) is 0 Å². The lowest BCUT2D eigenvalue weighted by atomic mass is 10.1. The molecule has 3 N–H and O–H groups in total. The van der Waals surface area contributed by atoms with Crippen molar-refractivity contribution < 1.29 is 19.9 Å². The Morgan fingerprint density at radius 1 is 1.47 bits per heavy atom. The van der Waals surface area contributed by atoms with E-state index in [1.807, 2.05) is 0 Å². The molecule has 0 amide bonds. The molecule has 1 aliphatic carbocycles. The number of aliphatic hydroxyl groups excluding tert-OH is 1. The van der Waals surface area contributed by atoms with Crippen LogP contribution in [0.25, 0.3) is 0 Å². The third kappa shape index (κ3) is 2.82. The third-order valence-corrected chi connectivity index (χ3v) is 3.39. The molecule has 1 aromatic carbocycles. The molecule has 1 fully saturated rings. The number of anilines is 1. The first-order valence-electron chi connectivity index (χ1n) is 5.84. The lowest BCUT2D eigenvalue weighted by Gasteiger charge is -2.14. The second-order valence-electron chi connectivity index (χ2n) is 4.81. The molecule has 1 aliphatic rings. The number of nitro benzene ring substituents is 1. The molecule has 2 rings (SSSR count). The number of hydrogen-bond acceptors (Lipinski definition) is 5. The maximum absolute atomic E-state index is 10.9. The van der Waals surface area contributed by atoms with Gasteiger partial charge in [0, 0.05) is 18.0 Å². The van der Waals surface area contributed by atoms with E-state index in [0.717, 1.165) is 12.8 Å². The predicted molar refractivity (Wildman–Crippen MR) is 67.3 cm³/mol. The van der Waals surface area contributed by atoms with Gasteiger partial charge >= 0.3 is 5.97 Å². The first-order valence-corrected chi connectivity index (χ1v) is 5.84. The van der Waals surface area contributed by atoms with Crippen molar-refractivity contribution in [1.29, 1.82) is 0 Å². The second-order valence-corrected chi connectivity index (χ2v) is 4.81. The van der Waals surface area contributed by atoms with Gasteiger partial charge in [-0.1, -0.05) is 0 Å². The maximum Gasteiger partial charge on any atom is 0.335 e. The number of hydrogen-bond donors (Lipinski definition) is 3. The number of aromatic carboxylic acids is 1. The van der Waals surface area contributed by atoms with E-state index in [1.54, 1.807) is 0 Å². The molecule has 0 unspecified atom stereocenters. The van der Waals surface area contributed by atoms with E-state index in [4.69, 9.17) is 5.11 Å². The predicted octanol–water partition coefficient (Wildman–Crippen LogP) is 1.48. The summed E-state index contributed by atoms with van der Waals surface area (Å²) in [5, 5.41) is 31.8. The standard InChI is InChI=1S/C12H14N2O5/c15-7-12(3-4-12)6-13-9-5-8(11(16)17)1-2-10(9)14(18)19/h1-2,5,13,15H,3-4,6-7H2,(H,16,17). The molecule has 19 heavy (non-hydrogen) atoms. The Bertz CT molecular complexity index is 525. The van der Waals surface area contributed by atoms with E-state index >= 15 is 0 Å². The highest BCUT2D eigenvalue weighted by atomic mass is 16.6. The van der Waals surface area contributed by atoms with Crippen LogP contribution >= 0.6 is 0 Å². The fourth-order valence-corrected chi connectivity index (χ4v) is 1.82. The molecule has 7 heteroatoms. The lowest BCUT2D eigenvalue weighted by molar-refractivity contribution is -0.384. The van der Waals surface area contributed by atoms with Gasteiger partial charge in [-0.3, -0.25) is 10.1 Å². The van der Waals surface area contributed by atoms with Gasteiger partial charge in [-0.2, -0.15) is 0 Å². The van der Waals surface area contributed by atoms with Gasteiger partial charge in [0.05, 0.1) is 17.1 Å². The molecular formula is C12H14N2O5. The first kappa shape index (κ1) is 13.3. The van der Waals surface area contributed by atoms with Gasteiger partial charge in [-0.05, 0) is 25.0 Å². The van der Waals surface area contributed by atoms with E-state index in [1.165, 1.54) is 18.2 Å². The van der Waals surface area contributed by atoms with Crippen molar-refractivity contribution in [1.82, 2.24) is 0 Å². The molecule has 1 aromatic rings. The molecule has 1 saturated carbocycles. The minimum atomic E-state index is -1.14. The largest absolute Gasteiger partial charge is 0.478 e. The van der Waals surface area contributed by atoms with Crippen molar-refractivity contribution in [2.75, 3.05) is 18.5 Å². The molecular weight excluding hydrogens is 252 g/mol. The SMILES string of the molecule is O=C(O)c1ccc([N+](=O)[O-])c(NCC2(CO)CC2)c1. The zero-order valence-corrected chi connectivity index (χ0v) is 10.1. The lowest BCUT2D eigenvalue weighted by Crippen LogP contribution is -2.19. The van der Waals surface area contributed by atoms with Crippen LogP contribution in [-0.4, -0.2) is 34.3 Å². The van der Waals surface area contributed by atoms with Gasteiger partial charge in [-0.15, -0.1) is 0 Å². The van der Waals surface area contributed by atoms with Crippen LogP contribution in [0, 0.1) is 15.5 Å². The number of carboxylic acids is 1. The number of nitro groups is 1. The Labute approximate surface area is 109 Å². The van der Waals surface area contributed by atoms with Crippen LogP contribution in [0.5, 0.6) is 0 Å². The van der Waals surface area contributed by atoms with Crippen molar-refractivity contribution >= 4 is 17.3 Å². The Morgan fingerprint density at radius 2 is 2.16 bits per heavy atom. The average Bonchev–Trinajstić information content (AvgIpc) is 3.16. The molecule has 7 nitrogen and oxygen atoms in total. The molecule has 0 atom stereocenters. The quantitative estimate of drug-likeness (QED) is 0.531. The van der Waals surface area contributed by atoms with Crippen LogP contribution in [0.15, 0.2) is 18.2 Å².